The lowest BCUT2D eigenvalue weighted by atomic mass is 10.3. The van der Waals surface area contributed by atoms with E-state index >= 15 is 0 Å². The van der Waals surface area contributed by atoms with Crippen molar-refractivity contribution >= 4 is 27.5 Å². The van der Waals surface area contributed by atoms with Crippen LogP contribution in [0.15, 0.2) is 18.2 Å². The van der Waals surface area contributed by atoms with Crippen LogP contribution in [0.4, 0.5) is 5.69 Å². The fourth-order valence-corrected chi connectivity index (χ4v) is 2.22. The molecule has 8 heteroatoms. The molecule has 1 aromatic rings. The third-order valence-corrected chi connectivity index (χ3v) is 3.18. The molecule has 3 N–H and O–H groups in total. The number of nitrogens with one attached hydrogen (secondary N) is 2. The van der Waals surface area contributed by atoms with Gasteiger partial charge in [0.2, 0.25) is 0 Å². The SMILES string of the molecule is COCCNS(=O)(=O)Nc1ccc(O)cc1Cl. The Labute approximate surface area is 105 Å². The van der Waals surface area contributed by atoms with E-state index in [1.165, 1.54) is 25.3 Å². The second-order valence-corrected chi connectivity index (χ2v) is 5.06. The highest BCUT2D eigenvalue weighted by Gasteiger charge is 2.11. The van der Waals surface area contributed by atoms with Gasteiger partial charge in [0, 0.05) is 19.7 Å². The number of phenols is 1. The van der Waals surface area contributed by atoms with E-state index in [0.29, 0.717) is 0 Å². The van der Waals surface area contributed by atoms with Gasteiger partial charge in [-0.05, 0) is 12.1 Å². The van der Waals surface area contributed by atoms with Gasteiger partial charge in [-0.25, -0.2) is 0 Å². The quantitative estimate of drug-likeness (QED) is 0.534. The summed E-state index contributed by atoms with van der Waals surface area (Å²) in [5, 5.41) is 9.23. The number of ether oxygens (including phenoxy) is 1. The van der Waals surface area contributed by atoms with E-state index in [4.69, 9.17) is 21.4 Å². The Kier molecular flexibility index (Phi) is 5.01. The molecule has 0 saturated carbocycles. The Morgan fingerprint density at radius 1 is 1.47 bits per heavy atom. The molecule has 0 fully saturated rings. The number of halogens is 1. The van der Waals surface area contributed by atoms with Crippen LogP contribution in [0.25, 0.3) is 0 Å². The van der Waals surface area contributed by atoms with Crippen molar-refractivity contribution in [2.24, 2.45) is 0 Å². The second kappa shape index (κ2) is 6.06. The predicted octanol–water partition coefficient (Wildman–Crippen LogP) is 0.938. The van der Waals surface area contributed by atoms with Crippen molar-refractivity contribution in [1.29, 1.82) is 0 Å². The minimum absolute atomic E-state index is 0.0368. The van der Waals surface area contributed by atoms with Gasteiger partial charge < -0.3 is 9.84 Å². The van der Waals surface area contributed by atoms with Gasteiger partial charge in [-0.3, -0.25) is 4.72 Å². The Balaban J connectivity index is 2.69. The first-order chi connectivity index (χ1) is 7.94. The number of aromatic hydroxyl groups is 1. The molecule has 0 saturated heterocycles. The zero-order valence-electron chi connectivity index (χ0n) is 9.10. The summed E-state index contributed by atoms with van der Waals surface area (Å²) in [5.41, 5.74) is 0.189. The van der Waals surface area contributed by atoms with E-state index in [1.54, 1.807) is 0 Å². The Morgan fingerprint density at radius 2 is 2.18 bits per heavy atom. The second-order valence-electron chi connectivity index (χ2n) is 3.16. The molecule has 17 heavy (non-hydrogen) atoms. The van der Waals surface area contributed by atoms with E-state index in [1.807, 2.05) is 0 Å². The molecule has 0 unspecified atom stereocenters. The fraction of sp³-hybridized carbons (Fsp3) is 0.333. The lowest BCUT2D eigenvalue weighted by molar-refractivity contribution is 0.204. The van der Waals surface area contributed by atoms with Gasteiger partial charge >= 0.3 is 0 Å². The molecule has 96 valence electrons. The van der Waals surface area contributed by atoms with E-state index in [9.17, 15) is 8.42 Å². The summed E-state index contributed by atoms with van der Waals surface area (Å²) in [6.45, 7) is 0.422. The molecule has 0 radical (unpaired) electrons. The van der Waals surface area contributed by atoms with Crippen LogP contribution in [0.2, 0.25) is 5.02 Å². The lowest BCUT2D eigenvalue weighted by Gasteiger charge is -2.10. The number of rotatable bonds is 6. The normalized spacial score (nSPS) is 11.4. The van der Waals surface area contributed by atoms with Gasteiger partial charge in [0.1, 0.15) is 5.75 Å². The third kappa shape index (κ3) is 4.78. The lowest BCUT2D eigenvalue weighted by Crippen LogP contribution is -2.32. The summed E-state index contributed by atoms with van der Waals surface area (Å²) in [7, 11) is -2.22. The molecular formula is C9H13ClN2O4S. The van der Waals surface area contributed by atoms with Crippen LogP contribution in [0.1, 0.15) is 0 Å². The smallest absolute Gasteiger partial charge is 0.299 e. The van der Waals surface area contributed by atoms with Crippen molar-refractivity contribution in [2.45, 2.75) is 0 Å². The number of hydrogen-bond acceptors (Lipinski definition) is 4. The molecule has 1 aromatic carbocycles. The maximum absolute atomic E-state index is 11.5. The van der Waals surface area contributed by atoms with Gasteiger partial charge in [-0.1, -0.05) is 11.6 Å². The van der Waals surface area contributed by atoms with Crippen molar-refractivity contribution in [2.75, 3.05) is 25.0 Å². The number of anilines is 1. The summed E-state index contributed by atoms with van der Waals surface area (Å²) in [6, 6.07) is 3.95. The molecule has 0 aliphatic carbocycles. The Hall–Kier alpha value is -1.02. The summed E-state index contributed by atoms with van der Waals surface area (Å²) < 4.78 is 32.2. The van der Waals surface area contributed by atoms with Gasteiger partial charge in [0.25, 0.3) is 10.2 Å². The molecular weight excluding hydrogens is 268 g/mol. The van der Waals surface area contributed by atoms with Crippen molar-refractivity contribution in [1.82, 2.24) is 4.72 Å². The first kappa shape index (κ1) is 14.0. The van der Waals surface area contributed by atoms with Gasteiger partial charge in [-0.15, -0.1) is 0 Å². The largest absolute Gasteiger partial charge is 0.508 e. The average Bonchev–Trinajstić information content (AvgIpc) is 2.22. The Morgan fingerprint density at radius 3 is 2.76 bits per heavy atom. The zero-order chi connectivity index (χ0) is 12.9. The maximum atomic E-state index is 11.5. The number of hydrogen-bond donors (Lipinski definition) is 3. The molecule has 0 spiro atoms. The highest BCUT2D eigenvalue weighted by atomic mass is 35.5. The minimum atomic E-state index is -3.69. The van der Waals surface area contributed by atoms with Crippen LogP contribution < -0.4 is 9.44 Å². The molecule has 0 atom stereocenters. The first-order valence-corrected chi connectivity index (χ1v) is 6.55. The molecule has 0 aliphatic rings. The minimum Gasteiger partial charge on any atom is -0.508 e. The van der Waals surface area contributed by atoms with Gasteiger partial charge in [0.05, 0.1) is 17.3 Å². The maximum Gasteiger partial charge on any atom is 0.299 e. The average molecular weight is 281 g/mol. The van der Waals surface area contributed by atoms with Crippen LogP contribution >= 0.6 is 11.6 Å². The zero-order valence-corrected chi connectivity index (χ0v) is 10.7. The van der Waals surface area contributed by atoms with Gasteiger partial charge in [0.15, 0.2) is 0 Å². The summed E-state index contributed by atoms with van der Waals surface area (Å²) in [4.78, 5) is 0. The van der Waals surface area contributed by atoms with Gasteiger partial charge in [-0.2, -0.15) is 13.1 Å². The van der Waals surface area contributed by atoms with E-state index in [2.05, 4.69) is 9.44 Å². The van der Waals surface area contributed by atoms with Crippen LogP contribution in [0.3, 0.4) is 0 Å². The molecule has 0 aromatic heterocycles. The summed E-state index contributed by atoms with van der Waals surface area (Å²) in [5.74, 6) is -0.0368. The van der Waals surface area contributed by atoms with Crippen molar-refractivity contribution in [3.8, 4) is 5.75 Å². The van der Waals surface area contributed by atoms with Crippen LogP contribution in [0.5, 0.6) is 5.75 Å². The number of benzene rings is 1. The molecule has 0 amide bonds. The number of methoxy groups -OCH3 is 1. The van der Waals surface area contributed by atoms with Crippen molar-refractivity contribution in [3.05, 3.63) is 23.2 Å². The van der Waals surface area contributed by atoms with E-state index in [0.717, 1.165) is 0 Å². The molecule has 0 heterocycles. The van der Waals surface area contributed by atoms with E-state index < -0.39 is 10.2 Å². The van der Waals surface area contributed by atoms with Crippen molar-refractivity contribution < 1.29 is 18.3 Å². The molecule has 1 rings (SSSR count). The standard InChI is InChI=1S/C9H13ClN2O4S/c1-16-5-4-11-17(14,15)12-9-3-2-7(13)6-8(9)10/h2-3,6,11-13H,4-5H2,1H3. The predicted molar refractivity (Wildman–Crippen MR) is 65.5 cm³/mol. The van der Waals surface area contributed by atoms with Crippen LogP contribution in [0, 0.1) is 0 Å². The van der Waals surface area contributed by atoms with Crippen molar-refractivity contribution in [3.63, 3.8) is 0 Å². The van der Waals surface area contributed by atoms with Crippen LogP contribution in [-0.2, 0) is 14.9 Å². The summed E-state index contributed by atoms with van der Waals surface area (Å²) >= 11 is 5.76. The first-order valence-electron chi connectivity index (χ1n) is 4.69. The monoisotopic (exact) mass is 280 g/mol. The number of phenolic OH excluding ortho intramolecular Hbond substituents is 1. The van der Waals surface area contributed by atoms with Crippen LogP contribution in [-0.4, -0.2) is 33.8 Å². The fourth-order valence-electron chi connectivity index (χ4n) is 1.05. The van der Waals surface area contributed by atoms with E-state index in [-0.39, 0.29) is 29.6 Å². The summed E-state index contributed by atoms with van der Waals surface area (Å²) in [6.07, 6.45) is 0. The third-order valence-electron chi connectivity index (χ3n) is 1.80. The Bertz CT molecular complexity index is 478. The highest BCUT2D eigenvalue weighted by Crippen LogP contribution is 2.26. The topological polar surface area (TPSA) is 87.7 Å². The molecule has 0 bridgehead atoms. The highest BCUT2D eigenvalue weighted by molar-refractivity contribution is 7.90. The molecule has 0 aliphatic heterocycles. The molecule has 6 nitrogen and oxygen atoms in total.